The summed E-state index contributed by atoms with van der Waals surface area (Å²) in [5.74, 6) is 0.290. The van der Waals surface area contributed by atoms with Gasteiger partial charge in [0, 0.05) is 18.3 Å². The fourth-order valence-electron chi connectivity index (χ4n) is 2.34. The van der Waals surface area contributed by atoms with Crippen LogP contribution in [0.25, 0.3) is 11.0 Å². The summed E-state index contributed by atoms with van der Waals surface area (Å²) in [6.45, 7) is 2.87. The molecule has 0 bridgehead atoms. The van der Waals surface area contributed by atoms with Crippen LogP contribution >= 0.6 is 11.6 Å². The topological polar surface area (TPSA) is 59.8 Å². The average molecular weight is 315 g/mol. The van der Waals surface area contributed by atoms with Crippen LogP contribution in [0, 0.1) is 0 Å². The summed E-state index contributed by atoms with van der Waals surface area (Å²) in [6, 6.07) is 11.0. The first-order valence-electron chi connectivity index (χ1n) is 7.07. The van der Waals surface area contributed by atoms with Gasteiger partial charge in [0.15, 0.2) is 0 Å². The molecule has 0 aliphatic carbocycles. The number of fused-ring (bicyclic) bond motifs is 1. The first kappa shape index (κ1) is 14.5. The third kappa shape index (κ3) is 2.80. The van der Waals surface area contributed by atoms with E-state index in [0.29, 0.717) is 11.5 Å². The van der Waals surface area contributed by atoms with Crippen LogP contribution in [0.2, 0.25) is 5.15 Å². The molecule has 0 saturated carbocycles. The van der Waals surface area contributed by atoms with E-state index in [9.17, 15) is 4.79 Å². The van der Waals surface area contributed by atoms with Gasteiger partial charge < -0.3 is 4.57 Å². The number of imidazole rings is 1. The lowest BCUT2D eigenvalue weighted by atomic mass is 10.2. The van der Waals surface area contributed by atoms with Gasteiger partial charge in [0.2, 0.25) is 5.95 Å². The van der Waals surface area contributed by atoms with Crippen LogP contribution < -0.4 is 5.32 Å². The Balaban J connectivity index is 1.96. The minimum Gasteiger partial charge on any atom is -0.310 e. The SMILES string of the molecule is CCCn1c(NC(=O)c2ccnc(Cl)c2)nc2ccccc21. The van der Waals surface area contributed by atoms with Gasteiger partial charge in [-0.2, -0.15) is 0 Å². The fourth-order valence-corrected chi connectivity index (χ4v) is 2.51. The lowest BCUT2D eigenvalue weighted by Crippen LogP contribution is -2.16. The number of rotatable bonds is 4. The maximum absolute atomic E-state index is 12.3. The Bertz CT molecular complexity index is 828. The number of hydrogen-bond acceptors (Lipinski definition) is 3. The number of anilines is 1. The lowest BCUT2D eigenvalue weighted by molar-refractivity contribution is 0.102. The van der Waals surface area contributed by atoms with Gasteiger partial charge in [-0.05, 0) is 30.7 Å². The van der Waals surface area contributed by atoms with Crippen LogP contribution in [0.5, 0.6) is 0 Å². The van der Waals surface area contributed by atoms with Gasteiger partial charge in [-0.3, -0.25) is 10.1 Å². The van der Waals surface area contributed by atoms with Crippen molar-refractivity contribution < 1.29 is 4.79 Å². The summed E-state index contributed by atoms with van der Waals surface area (Å²) in [6.07, 6.45) is 2.45. The van der Waals surface area contributed by atoms with Crippen LogP contribution in [0.3, 0.4) is 0 Å². The Labute approximate surface area is 133 Å². The second-order valence-electron chi connectivity index (χ2n) is 4.90. The number of amides is 1. The second-order valence-corrected chi connectivity index (χ2v) is 5.28. The normalized spacial score (nSPS) is 10.8. The standard InChI is InChI=1S/C16H15ClN4O/c1-2-9-21-13-6-4-3-5-12(13)19-16(21)20-15(22)11-7-8-18-14(17)10-11/h3-8,10H,2,9H2,1H3,(H,19,20,22). The number of carbonyl (C=O) groups is 1. The van der Waals surface area contributed by atoms with Gasteiger partial charge in [0.25, 0.3) is 5.91 Å². The van der Waals surface area contributed by atoms with E-state index in [2.05, 4.69) is 22.2 Å². The maximum Gasteiger partial charge on any atom is 0.258 e. The van der Waals surface area contributed by atoms with Crippen molar-refractivity contribution in [2.24, 2.45) is 0 Å². The van der Waals surface area contributed by atoms with Crippen LogP contribution in [-0.2, 0) is 6.54 Å². The molecule has 6 heteroatoms. The van der Waals surface area contributed by atoms with Gasteiger partial charge in [-0.25, -0.2) is 9.97 Å². The van der Waals surface area contributed by atoms with Crippen molar-refractivity contribution in [3.05, 3.63) is 53.3 Å². The predicted molar refractivity (Wildman–Crippen MR) is 87.2 cm³/mol. The molecule has 3 rings (SSSR count). The fraction of sp³-hybridized carbons (Fsp3) is 0.188. The Morgan fingerprint density at radius 3 is 2.91 bits per heavy atom. The molecule has 0 radical (unpaired) electrons. The zero-order valence-electron chi connectivity index (χ0n) is 12.1. The summed E-state index contributed by atoms with van der Waals surface area (Å²) in [5.41, 5.74) is 2.32. The molecule has 1 aromatic carbocycles. The zero-order chi connectivity index (χ0) is 15.5. The van der Waals surface area contributed by atoms with Gasteiger partial charge in [0.1, 0.15) is 5.15 Å². The molecule has 0 atom stereocenters. The monoisotopic (exact) mass is 314 g/mol. The number of para-hydroxylation sites is 2. The highest BCUT2D eigenvalue weighted by Crippen LogP contribution is 2.20. The summed E-state index contributed by atoms with van der Waals surface area (Å²) in [7, 11) is 0. The number of nitrogens with zero attached hydrogens (tertiary/aromatic N) is 3. The molecule has 5 nitrogen and oxygen atoms in total. The third-order valence-corrected chi connectivity index (χ3v) is 3.52. The van der Waals surface area contributed by atoms with Crippen molar-refractivity contribution in [2.45, 2.75) is 19.9 Å². The number of halogens is 1. The average Bonchev–Trinajstić information content (AvgIpc) is 2.85. The molecule has 0 aliphatic rings. The van der Waals surface area contributed by atoms with Crippen LogP contribution in [-0.4, -0.2) is 20.4 Å². The van der Waals surface area contributed by atoms with Crippen LogP contribution in [0.1, 0.15) is 23.7 Å². The molecule has 112 valence electrons. The zero-order valence-corrected chi connectivity index (χ0v) is 12.8. The van der Waals surface area contributed by atoms with Crippen LogP contribution in [0.15, 0.2) is 42.6 Å². The first-order valence-corrected chi connectivity index (χ1v) is 7.45. The lowest BCUT2D eigenvalue weighted by Gasteiger charge is -2.09. The predicted octanol–water partition coefficient (Wildman–Crippen LogP) is 3.75. The summed E-state index contributed by atoms with van der Waals surface area (Å²) in [5, 5.41) is 3.14. The molecule has 2 heterocycles. The molecule has 0 saturated heterocycles. The van der Waals surface area contributed by atoms with Crippen molar-refractivity contribution in [1.29, 1.82) is 0 Å². The Morgan fingerprint density at radius 1 is 1.32 bits per heavy atom. The number of pyridine rings is 1. The van der Waals surface area contributed by atoms with Crippen molar-refractivity contribution in [1.82, 2.24) is 14.5 Å². The molecule has 0 spiro atoms. The smallest absolute Gasteiger partial charge is 0.258 e. The quantitative estimate of drug-likeness (QED) is 0.746. The van der Waals surface area contributed by atoms with E-state index in [-0.39, 0.29) is 11.1 Å². The summed E-state index contributed by atoms with van der Waals surface area (Å²) < 4.78 is 2.01. The number of benzene rings is 1. The van der Waals surface area contributed by atoms with E-state index in [1.165, 1.54) is 12.3 Å². The highest BCUT2D eigenvalue weighted by molar-refractivity contribution is 6.29. The highest BCUT2D eigenvalue weighted by atomic mass is 35.5. The molecule has 0 unspecified atom stereocenters. The van der Waals surface area contributed by atoms with E-state index in [0.717, 1.165) is 24.0 Å². The molecule has 0 aliphatic heterocycles. The third-order valence-electron chi connectivity index (χ3n) is 3.32. The number of aromatic nitrogens is 3. The van der Waals surface area contributed by atoms with Gasteiger partial charge in [-0.1, -0.05) is 30.7 Å². The maximum atomic E-state index is 12.3. The van der Waals surface area contributed by atoms with E-state index in [1.54, 1.807) is 6.07 Å². The molecule has 22 heavy (non-hydrogen) atoms. The minimum absolute atomic E-state index is 0.253. The van der Waals surface area contributed by atoms with Gasteiger partial charge in [-0.15, -0.1) is 0 Å². The Hall–Kier alpha value is -2.40. The second kappa shape index (κ2) is 6.15. The van der Waals surface area contributed by atoms with Crippen molar-refractivity contribution >= 4 is 34.5 Å². The summed E-state index contributed by atoms with van der Waals surface area (Å²) in [4.78, 5) is 20.7. The van der Waals surface area contributed by atoms with Crippen molar-refractivity contribution in [3.63, 3.8) is 0 Å². The first-order chi connectivity index (χ1) is 10.7. The van der Waals surface area contributed by atoms with E-state index >= 15 is 0 Å². The molecule has 0 fully saturated rings. The van der Waals surface area contributed by atoms with Crippen molar-refractivity contribution in [2.75, 3.05) is 5.32 Å². The molecule has 1 amide bonds. The van der Waals surface area contributed by atoms with E-state index in [1.807, 2.05) is 28.8 Å². The molecule has 2 aromatic heterocycles. The molecular weight excluding hydrogens is 300 g/mol. The van der Waals surface area contributed by atoms with Gasteiger partial charge >= 0.3 is 0 Å². The minimum atomic E-state index is -0.253. The van der Waals surface area contributed by atoms with E-state index < -0.39 is 0 Å². The molecule has 3 aromatic rings. The van der Waals surface area contributed by atoms with Crippen molar-refractivity contribution in [3.8, 4) is 0 Å². The number of aryl methyl sites for hydroxylation is 1. The molecular formula is C16H15ClN4O. The van der Waals surface area contributed by atoms with Gasteiger partial charge in [0.05, 0.1) is 11.0 Å². The largest absolute Gasteiger partial charge is 0.310 e. The van der Waals surface area contributed by atoms with E-state index in [4.69, 9.17) is 11.6 Å². The number of hydrogen-bond donors (Lipinski definition) is 1. The number of carbonyl (C=O) groups excluding carboxylic acids is 1. The number of nitrogens with one attached hydrogen (secondary N) is 1. The summed E-state index contributed by atoms with van der Waals surface area (Å²) >= 11 is 5.83. The highest BCUT2D eigenvalue weighted by Gasteiger charge is 2.14. The molecule has 1 N–H and O–H groups in total. The Morgan fingerprint density at radius 2 is 2.14 bits per heavy atom. The van der Waals surface area contributed by atoms with Crippen LogP contribution in [0.4, 0.5) is 5.95 Å². The Kier molecular flexibility index (Phi) is 4.06.